The molecule has 3 heteroatoms. The van der Waals surface area contributed by atoms with E-state index in [0.717, 1.165) is 32.1 Å². The van der Waals surface area contributed by atoms with E-state index in [2.05, 4.69) is 20.8 Å². The third kappa shape index (κ3) is 2.38. The van der Waals surface area contributed by atoms with Crippen LogP contribution in [0.3, 0.4) is 0 Å². The number of ether oxygens (including phenoxy) is 1. The Balaban J connectivity index is 1.63. The molecule has 26 heavy (non-hydrogen) atoms. The molecule has 0 amide bonds. The van der Waals surface area contributed by atoms with Crippen molar-refractivity contribution in [3.05, 3.63) is 11.6 Å². The van der Waals surface area contributed by atoms with E-state index >= 15 is 0 Å². The number of rotatable bonds is 2. The molecule has 4 aliphatic carbocycles. The SMILES string of the molecule is CCC(=O)OC1(C)CCC2C3CCC4=CC(=O)CCC4(C)C3CCC21C. The van der Waals surface area contributed by atoms with E-state index in [9.17, 15) is 9.59 Å². The van der Waals surface area contributed by atoms with E-state index in [0.29, 0.717) is 30.0 Å². The van der Waals surface area contributed by atoms with E-state index in [1.54, 1.807) is 0 Å². The van der Waals surface area contributed by atoms with Crippen LogP contribution in [0.2, 0.25) is 0 Å². The van der Waals surface area contributed by atoms with E-state index in [1.165, 1.54) is 24.8 Å². The van der Waals surface area contributed by atoms with Gasteiger partial charge in [0, 0.05) is 18.3 Å². The van der Waals surface area contributed by atoms with E-state index in [1.807, 2.05) is 13.0 Å². The van der Waals surface area contributed by atoms with Crippen LogP contribution in [0.1, 0.15) is 85.5 Å². The van der Waals surface area contributed by atoms with Crippen molar-refractivity contribution in [1.82, 2.24) is 0 Å². The van der Waals surface area contributed by atoms with Gasteiger partial charge in [0.05, 0.1) is 0 Å². The first kappa shape index (κ1) is 18.3. The molecule has 0 bridgehead atoms. The lowest BCUT2D eigenvalue weighted by Gasteiger charge is -2.59. The van der Waals surface area contributed by atoms with Crippen LogP contribution in [-0.4, -0.2) is 17.4 Å². The van der Waals surface area contributed by atoms with Gasteiger partial charge in [0.1, 0.15) is 5.60 Å². The maximum Gasteiger partial charge on any atom is 0.306 e. The van der Waals surface area contributed by atoms with Crippen LogP contribution in [0.15, 0.2) is 11.6 Å². The van der Waals surface area contributed by atoms with Crippen LogP contribution in [0, 0.1) is 28.6 Å². The Morgan fingerprint density at radius 3 is 2.54 bits per heavy atom. The third-order valence-corrected chi connectivity index (χ3v) is 9.12. The zero-order chi connectivity index (χ0) is 18.7. The van der Waals surface area contributed by atoms with Gasteiger partial charge in [0.2, 0.25) is 0 Å². The van der Waals surface area contributed by atoms with Crippen molar-refractivity contribution < 1.29 is 14.3 Å². The molecule has 0 aromatic heterocycles. The van der Waals surface area contributed by atoms with Gasteiger partial charge in [-0.15, -0.1) is 0 Å². The smallest absolute Gasteiger partial charge is 0.306 e. The van der Waals surface area contributed by atoms with Crippen molar-refractivity contribution in [3.8, 4) is 0 Å². The summed E-state index contributed by atoms with van der Waals surface area (Å²) in [4.78, 5) is 24.0. The first-order valence-corrected chi connectivity index (χ1v) is 10.7. The highest BCUT2D eigenvalue weighted by atomic mass is 16.6. The second kappa shape index (κ2) is 5.94. The van der Waals surface area contributed by atoms with Gasteiger partial charge in [-0.05, 0) is 81.1 Å². The zero-order valence-electron chi connectivity index (χ0n) is 16.9. The molecule has 6 unspecified atom stereocenters. The van der Waals surface area contributed by atoms with Crippen molar-refractivity contribution in [3.63, 3.8) is 0 Å². The maximum atomic E-state index is 12.1. The summed E-state index contributed by atoms with van der Waals surface area (Å²) in [6, 6.07) is 0. The Bertz CT molecular complexity index is 664. The number of carbonyl (C=O) groups is 2. The Hall–Kier alpha value is -1.12. The van der Waals surface area contributed by atoms with Gasteiger partial charge in [-0.3, -0.25) is 9.59 Å². The minimum atomic E-state index is -0.310. The van der Waals surface area contributed by atoms with Gasteiger partial charge < -0.3 is 4.74 Å². The molecule has 0 aromatic rings. The Labute approximate surface area is 157 Å². The van der Waals surface area contributed by atoms with Crippen LogP contribution in [0.5, 0.6) is 0 Å². The topological polar surface area (TPSA) is 43.4 Å². The Morgan fingerprint density at radius 1 is 1.08 bits per heavy atom. The van der Waals surface area contributed by atoms with E-state index in [-0.39, 0.29) is 22.4 Å². The fourth-order valence-corrected chi connectivity index (χ4v) is 7.28. The molecular weight excluding hydrogens is 324 g/mol. The summed E-state index contributed by atoms with van der Waals surface area (Å²) in [7, 11) is 0. The lowest BCUT2D eigenvalue weighted by atomic mass is 9.46. The van der Waals surface area contributed by atoms with Gasteiger partial charge in [-0.1, -0.05) is 26.3 Å². The highest BCUT2D eigenvalue weighted by Gasteiger charge is 2.64. The number of hydrogen-bond donors (Lipinski definition) is 0. The summed E-state index contributed by atoms with van der Waals surface area (Å²) in [5.41, 5.74) is 1.44. The number of esters is 1. The first-order chi connectivity index (χ1) is 12.2. The van der Waals surface area contributed by atoms with Crippen LogP contribution in [0.25, 0.3) is 0 Å². The molecule has 0 aromatic carbocycles. The molecule has 0 spiro atoms. The summed E-state index contributed by atoms with van der Waals surface area (Å²) in [5, 5.41) is 0. The third-order valence-electron chi connectivity index (χ3n) is 9.12. The van der Waals surface area contributed by atoms with Crippen molar-refractivity contribution in [2.24, 2.45) is 28.6 Å². The highest BCUT2D eigenvalue weighted by Crippen LogP contribution is 2.68. The van der Waals surface area contributed by atoms with Crippen LogP contribution >= 0.6 is 0 Å². The van der Waals surface area contributed by atoms with Crippen molar-refractivity contribution in [2.45, 2.75) is 91.1 Å². The van der Waals surface area contributed by atoms with Crippen molar-refractivity contribution in [2.75, 3.05) is 0 Å². The lowest BCUT2D eigenvalue weighted by Crippen LogP contribution is -2.55. The number of allylic oxidation sites excluding steroid dienone is 1. The summed E-state index contributed by atoms with van der Waals surface area (Å²) < 4.78 is 6.05. The molecule has 3 saturated carbocycles. The summed E-state index contributed by atoms with van der Waals surface area (Å²) >= 11 is 0. The van der Waals surface area contributed by atoms with Gasteiger partial charge in [-0.25, -0.2) is 0 Å². The van der Waals surface area contributed by atoms with Gasteiger partial charge in [0.15, 0.2) is 5.78 Å². The molecule has 0 saturated heterocycles. The molecule has 6 atom stereocenters. The molecule has 4 aliphatic rings. The normalized spacial score (nSPS) is 47.5. The predicted molar refractivity (Wildman–Crippen MR) is 101 cm³/mol. The molecule has 0 aliphatic heterocycles. The largest absolute Gasteiger partial charge is 0.459 e. The molecule has 4 rings (SSSR count). The standard InChI is InChI=1S/C23H34O3/c1-5-20(25)26-23(4)13-10-19-17-7-6-15-14-16(24)8-11-21(15,2)18(17)9-12-22(19,23)3/h14,17-19H,5-13H2,1-4H3. The maximum absolute atomic E-state index is 12.1. The van der Waals surface area contributed by atoms with Crippen LogP contribution in [0.4, 0.5) is 0 Å². The van der Waals surface area contributed by atoms with E-state index in [4.69, 9.17) is 4.74 Å². The summed E-state index contributed by atoms with van der Waals surface area (Å²) in [6.45, 7) is 8.89. The first-order valence-electron chi connectivity index (χ1n) is 10.7. The molecule has 0 heterocycles. The minimum Gasteiger partial charge on any atom is -0.459 e. The minimum absolute atomic E-state index is 0.0527. The molecular formula is C23H34O3. The van der Waals surface area contributed by atoms with E-state index < -0.39 is 0 Å². The number of hydrogen-bond acceptors (Lipinski definition) is 3. The predicted octanol–water partition coefficient (Wildman–Crippen LogP) is 5.23. The Kier molecular flexibility index (Phi) is 4.17. The van der Waals surface area contributed by atoms with Gasteiger partial charge in [0.25, 0.3) is 0 Å². The Morgan fingerprint density at radius 2 is 1.81 bits per heavy atom. The quantitative estimate of drug-likeness (QED) is 0.635. The summed E-state index contributed by atoms with van der Waals surface area (Å²) in [6.07, 6.45) is 11.0. The molecule has 144 valence electrons. The fourth-order valence-electron chi connectivity index (χ4n) is 7.28. The second-order valence-electron chi connectivity index (χ2n) is 10.0. The fraction of sp³-hybridized carbons (Fsp3) is 0.826. The second-order valence-corrected chi connectivity index (χ2v) is 10.0. The molecule has 0 N–H and O–H groups in total. The highest BCUT2D eigenvalue weighted by molar-refractivity contribution is 5.91. The number of ketones is 1. The molecule has 0 radical (unpaired) electrons. The average molecular weight is 359 g/mol. The molecule has 3 fully saturated rings. The van der Waals surface area contributed by atoms with Crippen LogP contribution in [-0.2, 0) is 14.3 Å². The van der Waals surface area contributed by atoms with Crippen LogP contribution < -0.4 is 0 Å². The molecule has 3 nitrogen and oxygen atoms in total. The zero-order valence-corrected chi connectivity index (χ0v) is 16.9. The lowest BCUT2D eigenvalue weighted by molar-refractivity contribution is -0.179. The summed E-state index contributed by atoms with van der Waals surface area (Å²) in [5.74, 6) is 2.33. The number of fused-ring (bicyclic) bond motifs is 5. The average Bonchev–Trinajstić information content (AvgIpc) is 2.86. The van der Waals surface area contributed by atoms with Gasteiger partial charge >= 0.3 is 5.97 Å². The monoisotopic (exact) mass is 358 g/mol. The van der Waals surface area contributed by atoms with Gasteiger partial charge in [-0.2, -0.15) is 0 Å². The van der Waals surface area contributed by atoms with Crippen molar-refractivity contribution in [1.29, 1.82) is 0 Å². The number of carbonyl (C=O) groups excluding carboxylic acids is 2. The van der Waals surface area contributed by atoms with Crippen molar-refractivity contribution >= 4 is 11.8 Å².